The summed E-state index contributed by atoms with van der Waals surface area (Å²) in [4.78, 5) is 4.55. The Labute approximate surface area is 163 Å². The molecule has 0 aliphatic heterocycles. The maximum absolute atomic E-state index is 6.20. The van der Waals surface area contributed by atoms with Crippen LogP contribution in [0.4, 0.5) is 0 Å². The number of imidazole rings is 1. The number of ether oxygens (including phenoxy) is 1. The van der Waals surface area contributed by atoms with Gasteiger partial charge in [0.25, 0.3) is 0 Å². The summed E-state index contributed by atoms with van der Waals surface area (Å²) in [5.41, 5.74) is 12.0. The average Bonchev–Trinajstić information content (AvgIpc) is 3.11. The molecule has 4 nitrogen and oxygen atoms in total. The molecule has 27 heavy (non-hydrogen) atoms. The number of hydrogen-bond acceptors (Lipinski definition) is 3. The predicted octanol–water partition coefficient (Wildman–Crippen LogP) is 5.37. The second-order valence-corrected chi connectivity index (χ2v) is 6.98. The van der Waals surface area contributed by atoms with Crippen LogP contribution in [0.5, 0.6) is 5.75 Å². The van der Waals surface area contributed by atoms with Gasteiger partial charge >= 0.3 is 0 Å². The smallest absolute Gasteiger partial charge is 0.126 e. The molecule has 0 saturated heterocycles. The molecular formula is C22H20ClN3O. The minimum Gasteiger partial charge on any atom is -0.496 e. The molecule has 1 aromatic heterocycles. The van der Waals surface area contributed by atoms with Gasteiger partial charge < -0.3 is 10.5 Å². The fourth-order valence-electron chi connectivity index (χ4n) is 3.25. The molecule has 4 aromatic rings. The summed E-state index contributed by atoms with van der Waals surface area (Å²) >= 11 is 6.20. The van der Waals surface area contributed by atoms with Crippen molar-refractivity contribution in [1.82, 2.24) is 9.55 Å². The van der Waals surface area contributed by atoms with E-state index in [1.165, 1.54) is 0 Å². The molecular weight excluding hydrogens is 358 g/mol. The van der Waals surface area contributed by atoms with Crippen molar-refractivity contribution in [1.29, 1.82) is 0 Å². The molecule has 0 fully saturated rings. The Kier molecular flexibility index (Phi) is 4.60. The van der Waals surface area contributed by atoms with Crippen LogP contribution >= 0.6 is 11.6 Å². The third kappa shape index (κ3) is 3.29. The van der Waals surface area contributed by atoms with Gasteiger partial charge in [-0.3, -0.25) is 4.57 Å². The van der Waals surface area contributed by atoms with E-state index in [1.54, 1.807) is 7.11 Å². The van der Waals surface area contributed by atoms with Gasteiger partial charge in [0, 0.05) is 22.3 Å². The predicted molar refractivity (Wildman–Crippen MR) is 111 cm³/mol. The first-order chi connectivity index (χ1) is 13.1. The van der Waals surface area contributed by atoms with Crippen LogP contribution in [-0.4, -0.2) is 16.7 Å². The molecule has 1 atom stereocenters. The number of rotatable bonds is 4. The van der Waals surface area contributed by atoms with E-state index >= 15 is 0 Å². The molecule has 3 aromatic carbocycles. The number of fused-ring (bicyclic) bond motifs is 1. The maximum atomic E-state index is 6.20. The van der Waals surface area contributed by atoms with Crippen molar-refractivity contribution >= 4 is 22.6 Å². The van der Waals surface area contributed by atoms with E-state index in [9.17, 15) is 0 Å². The first-order valence-electron chi connectivity index (χ1n) is 8.74. The minimum absolute atomic E-state index is 0.0156. The largest absolute Gasteiger partial charge is 0.496 e. The first-order valence-corrected chi connectivity index (χ1v) is 9.11. The van der Waals surface area contributed by atoms with Crippen LogP contribution in [-0.2, 0) is 0 Å². The van der Waals surface area contributed by atoms with Crippen LogP contribution in [0.1, 0.15) is 18.5 Å². The van der Waals surface area contributed by atoms with Crippen molar-refractivity contribution in [2.45, 2.75) is 13.0 Å². The van der Waals surface area contributed by atoms with Crippen molar-refractivity contribution in [3.8, 4) is 22.6 Å². The summed E-state index contributed by atoms with van der Waals surface area (Å²) in [6.07, 6.45) is 1.84. The van der Waals surface area contributed by atoms with Crippen molar-refractivity contribution in [2.75, 3.05) is 7.11 Å². The number of benzene rings is 3. The molecule has 0 aliphatic rings. The summed E-state index contributed by atoms with van der Waals surface area (Å²) < 4.78 is 7.57. The summed E-state index contributed by atoms with van der Waals surface area (Å²) in [5, 5.41) is 0.674. The zero-order valence-corrected chi connectivity index (χ0v) is 15.9. The molecule has 1 unspecified atom stereocenters. The van der Waals surface area contributed by atoms with Gasteiger partial charge in [-0.1, -0.05) is 29.8 Å². The molecule has 0 aliphatic carbocycles. The number of hydrogen-bond donors (Lipinski definition) is 1. The minimum atomic E-state index is -0.0156. The third-order valence-electron chi connectivity index (χ3n) is 4.69. The first kappa shape index (κ1) is 17.6. The van der Waals surface area contributed by atoms with Crippen molar-refractivity contribution in [3.63, 3.8) is 0 Å². The van der Waals surface area contributed by atoms with Crippen LogP contribution < -0.4 is 10.5 Å². The summed E-state index contributed by atoms with van der Waals surface area (Å²) in [5.74, 6) is 0.786. The van der Waals surface area contributed by atoms with Crippen molar-refractivity contribution in [3.05, 3.63) is 77.6 Å². The summed E-state index contributed by atoms with van der Waals surface area (Å²) in [7, 11) is 1.66. The quantitative estimate of drug-likeness (QED) is 0.519. The highest BCUT2D eigenvalue weighted by atomic mass is 35.5. The standard InChI is InChI=1S/C22H20ClN3O/c1-14(24)15-6-8-21-20(11-15)25-13-26(21)18-5-3-4-16(10-18)19-12-17(23)7-9-22(19)27-2/h3-14H,24H2,1-2H3. The lowest BCUT2D eigenvalue weighted by Crippen LogP contribution is -2.04. The molecule has 2 N–H and O–H groups in total. The van der Waals surface area contributed by atoms with Crippen LogP contribution in [0.2, 0.25) is 5.02 Å². The van der Waals surface area contributed by atoms with Gasteiger partial charge in [-0.15, -0.1) is 0 Å². The van der Waals surface area contributed by atoms with E-state index < -0.39 is 0 Å². The molecule has 0 saturated carbocycles. The number of halogens is 1. The number of nitrogens with two attached hydrogens (primary N) is 1. The van der Waals surface area contributed by atoms with E-state index in [4.69, 9.17) is 22.1 Å². The van der Waals surface area contributed by atoms with Crippen molar-refractivity contribution in [2.24, 2.45) is 5.73 Å². The van der Waals surface area contributed by atoms with E-state index in [1.807, 2.05) is 49.6 Å². The molecule has 0 spiro atoms. The Morgan fingerprint density at radius 3 is 2.70 bits per heavy atom. The van der Waals surface area contributed by atoms with E-state index in [-0.39, 0.29) is 6.04 Å². The van der Waals surface area contributed by atoms with Gasteiger partial charge in [0.05, 0.1) is 18.1 Å². The third-order valence-corrected chi connectivity index (χ3v) is 4.93. The highest BCUT2D eigenvalue weighted by Crippen LogP contribution is 2.34. The topological polar surface area (TPSA) is 53.1 Å². The Bertz CT molecular complexity index is 1120. The monoisotopic (exact) mass is 377 g/mol. The lowest BCUT2D eigenvalue weighted by Gasteiger charge is -2.12. The second kappa shape index (κ2) is 7.06. The van der Waals surface area contributed by atoms with Crippen molar-refractivity contribution < 1.29 is 4.74 Å². The van der Waals surface area contributed by atoms with E-state index in [0.717, 1.165) is 39.2 Å². The Hall–Kier alpha value is -2.82. The van der Waals surface area contributed by atoms with Gasteiger partial charge in [0.2, 0.25) is 0 Å². The van der Waals surface area contributed by atoms with Gasteiger partial charge in [0.1, 0.15) is 12.1 Å². The SMILES string of the molecule is COc1ccc(Cl)cc1-c1cccc(-n2cnc3cc(C(C)N)ccc32)c1. The maximum Gasteiger partial charge on any atom is 0.126 e. The summed E-state index contributed by atoms with van der Waals surface area (Å²) in [6, 6.07) is 20.0. The van der Waals surface area contributed by atoms with Crippen LogP contribution in [0, 0.1) is 0 Å². The number of nitrogens with zero attached hydrogens (tertiary/aromatic N) is 2. The highest BCUT2D eigenvalue weighted by molar-refractivity contribution is 6.31. The van der Waals surface area contributed by atoms with Crippen LogP contribution in [0.3, 0.4) is 0 Å². The molecule has 0 radical (unpaired) electrons. The lowest BCUT2D eigenvalue weighted by atomic mass is 10.0. The molecule has 5 heteroatoms. The highest BCUT2D eigenvalue weighted by Gasteiger charge is 2.11. The van der Waals surface area contributed by atoms with E-state index in [2.05, 4.69) is 33.8 Å². The van der Waals surface area contributed by atoms with Crippen LogP contribution in [0.25, 0.3) is 27.8 Å². The van der Waals surface area contributed by atoms with Gasteiger partial charge in [-0.2, -0.15) is 0 Å². The zero-order chi connectivity index (χ0) is 19.0. The van der Waals surface area contributed by atoms with Gasteiger partial charge in [0.15, 0.2) is 0 Å². The molecule has 1 heterocycles. The Morgan fingerprint density at radius 2 is 1.93 bits per heavy atom. The fraction of sp³-hybridized carbons (Fsp3) is 0.136. The fourth-order valence-corrected chi connectivity index (χ4v) is 3.42. The number of methoxy groups -OCH3 is 1. The molecule has 4 rings (SSSR count). The summed E-state index contributed by atoms with van der Waals surface area (Å²) in [6.45, 7) is 1.97. The number of aromatic nitrogens is 2. The van der Waals surface area contributed by atoms with Gasteiger partial charge in [-0.25, -0.2) is 4.98 Å². The Morgan fingerprint density at radius 1 is 1.07 bits per heavy atom. The average molecular weight is 378 g/mol. The molecule has 0 bridgehead atoms. The normalized spacial score (nSPS) is 12.3. The molecule has 0 amide bonds. The van der Waals surface area contributed by atoms with Gasteiger partial charge in [-0.05, 0) is 60.5 Å². The second-order valence-electron chi connectivity index (χ2n) is 6.55. The van der Waals surface area contributed by atoms with E-state index in [0.29, 0.717) is 5.02 Å². The zero-order valence-electron chi connectivity index (χ0n) is 15.2. The lowest BCUT2D eigenvalue weighted by molar-refractivity contribution is 0.416. The Balaban J connectivity index is 1.82. The molecule has 136 valence electrons. The van der Waals surface area contributed by atoms with Crippen LogP contribution in [0.15, 0.2) is 67.0 Å².